The number of alkyl halides is 1. The van der Waals surface area contributed by atoms with Gasteiger partial charge in [0.15, 0.2) is 6.29 Å². The summed E-state index contributed by atoms with van der Waals surface area (Å²) in [6.07, 6.45) is 14.6. The summed E-state index contributed by atoms with van der Waals surface area (Å²) in [6.45, 7) is 20.6. The molecule has 0 fully saturated rings. The Hall–Kier alpha value is -5.38. The van der Waals surface area contributed by atoms with E-state index in [4.69, 9.17) is 9.47 Å². The smallest absolute Gasteiger partial charge is 0.255 e. The maximum Gasteiger partial charge on any atom is 0.255 e. The Morgan fingerprint density at radius 1 is 1.00 bits per heavy atom. The predicted octanol–water partition coefficient (Wildman–Crippen LogP) is 10.7. The maximum absolute atomic E-state index is 12.6. The van der Waals surface area contributed by atoms with Crippen LogP contribution < -0.4 is 15.0 Å². The number of carbonyl (C=O) groups is 2. The van der Waals surface area contributed by atoms with Gasteiger partial charge in [-0.15, -0.1) is 11.6 Å². The van der Waals surface area contributed by atoms with E-state index in [-0.39, 0.29) is 17.6 Å². The first-order chi connectivity index (χ1) is 26.4. The number of imidazole rings is 1. The lowest BCUT2D eigenvalue weighted by atomic mass is 10.0. The maximum atomic E-state index is 12.6. The number of halogens is 1. The molecule has 3 heterocycles. The van der Waals surface area contributed by atoms with Crippen LogP contribution in [0.4, 0.5) is 11.4 Å². The number of phenolic OH excluding ortho intramolecular Hbond substituents is 1. The third kappa shape index (κ3) is 14.1. The van der Waals surface area contributed by atoms with Gasteiger partial charge in [-0.1, -0.05) is 75.6 Å². The first-order valence-electron chi connectivity index (χ1n) is 18.3. The van der Waals surface area contributed by atoms with E-state index >= 15 is 0 Å². The van der Waals surface area contributed by atoms with Gasteiger partial charge in [0.25, 0.3) is 5.91 Å². The summed E-state index contributed by atoms with van der Waals surface area (Å²) in [7, 11) is 2.07. The summed E-state index contributed by atoms with van der Waals surface area (Å²) in [4.78, 5) is 29.8. The number of amides is 1. The molecule has 5 aromatic rings. The van der Waals surface area contributed by atoms with Gasteiger partial charge >= 0.3 is 0 Å². The fourth-order valence-electron chi connectivity index (χ4n) is 5.49. The molecule has 0 aliphatic carbocycles. The van der Waals surface area contributed by atoms with Crippen LogP contribution in [0.2, 0.25) is 0 Å². The van der Waals surface area contributed by atoms with Crippen molar-refractivity contribution in [3.63, 3.8) is 0 Å². The van der Waals surface area contributed by atoms with E-state index in [0.29, 0.717) is 47.0 Å². The number of hydrogen-bond acceptors (Lipinski definition) is 7. The van der Waals surface area contributed by atoms with Crippen LogP contribution in [0.5, 0.6) is 11.5 Å². The molecule has 0 radical (unpaired) electrons. The number of nitrogens with zero attached hydrogens (tertiary/aromatic N) is 3. The number of ether oxygens (including phenoxy) is 2. The van der Waals surface area contributed by atoms with Crippen molar-refractivity contribution in [3.05, 3.63) is 133 Å². The molecule has 55 heavy (non-hydrogen) atoms. The Morgan fingerprint density at radius 3 is 2.24 bits per heavy atom. The molecular weight excluding hydrogens is 712 g/mol. The van der Waals surface area contributed by atoms with Crippen molar-refractivity contribution >= 4 is 51.6 Å². The minimum atomic E-state index is -0.376. The first-order valence-corrected chi connectivity index (χ1v) is 19.1. The third-order valence-corrected chi connectivity index (χ3v) is 8.12. The van der Waals surface area contributed by atoms with Crippen LogP contribution >= 0.6 is 11.6 Å². The Balaban J connectivity index is 0.000000344. The molecule has 0 spiro atoms. The van der Waals surface area contributed by atoms with Crippen LogP contribution in [0.1, 0.15) is 74.4 Å². The normalized spacial score (nSPS) is 11.5. The molecule has 1 aliphatic heterocycles. The van der Waals surface area contributed by atoms with Crippen LogP contribution in [0.15, 0.2) is 117 Å². The highest BCUT2D eigenvalue weighted by atomic mass is 35.5. The van der Waals surface area contributed by atoms with Crippen molar-refractivity contribution < 1.29 is 24.2 Å². The summed E-state index contributed by atoms with van der Waals surface area (Å²) >= 11 is 4.64. The lowest BCUT2D eigenvalue weighted by Gasteiger charge is -2.27. The highest BCUT2D eigenvalue weighted by Gasteiger charge is 2.21. The molecular formula is C45H57ClN4O5. The molecule has 2 aromatic heterocycles. The average Bonchev–Trinajstić information content (AvgIpc) is 3.78. The number of fused-ring (bicyclic) bond motifs is 4. The van der Waals surface area contributed by atoms with Gasteiger partial charge in [0.05, 0.1) is 18.4 Å². The second-order valence-corrected chi connectivity index (χ2v) is 12.9. The number of hydrogen-bond donors (Lipinski definition) is 2. The Bertz CT molecular complexity index is 1990. The van der Waals surface area contributed by atoms with E-state index in [1.54, 1.807) is 65.3 Å². The SMILES string of the molecule is C=C/C=C\C=C.CC.CC(C)OCCC(C)(C)Oc1ccc(C(=O)Nc2ccc3nc(C=O)cn3c2)cc1.CCl.CN1CCc2c1cc(O)c1ccccc21. The molecule has 3 aromatic carbocycles. The number of aromatic nitrogens is 2. The Morgan fingerprint density at radius 2 is 1.64 bits per heavy atom. The lowest BCUT2D eigenvalue weighted by Crippen LogP contribution is -2.30. The zero-order chi connectivity index (χ0) is 41.0. The number of likely N-dealkylation sites (N-methyl/N-ethyl adjacent to an activating group) is 1. The number of anilines is 2. The van der Waals surface area contributed by atoms with Gasteiger partial charge in [0.2, 0.25) is 0 Å². The van der Waals surface area contributed by atoms with Gasteiger partial charge in [-0.05, 0) is 81.5 Å². The summed E-state index contributed by atoms with van der Waals surface area (Å²) < 4.78 is 13.3. The van der Waals surface area contributed by atoms with Gasteiger partial charge in [0, 0.05) is 61.5 Å². The quantitative estimate of drug-likeness (QED) is 0.0783. The standard InChI is InChI=1S/C23H27N3O4.C13H13NO.C6H8.C2H6.CH3Cl/c1-16(2)29-12-11-23(3,4)30-20-8-5-17(6-9-20)22(28)25-18-7-10-21-24-19(15-27)14-26(21)13-18;1-14-7-6-10-9-4-2-3-5-11(9)13(15)8-12(10)14;1-3-5-6-4-2;2*1-2/h5-10,13-16H,11-12H2,1-4H3,(H,25,28);2-5,8,15H,6-7H2,1H3;3-6H,1-2H2;1-2H3;1H3/b;;6-5-;;. The summed E-state index contributed by atoms with van der Waals surface area (Å²) in [6, 6.07) is 20.5. The minimum Gasteiger partial charge on any atom is -0.507 e. The predicted molar refractivity (Wildman–Crippen MR) is 231 cm³/mol. The van der Waals surface area contributed by atoms with Crippen LogP contribution in [-0.2, 0) is 11.2 Å². The van der Waals surface area contributed by atoms with Crippen LogP contribution in [-0.4, -0.2) is 65.0 Å². The highest BCUT2D eigenvalue weighted by Crippen LogP contribution is 2.38. The molecule has 2 N–H and O–H groups in total. The Kier molecular flexibility index (Phi) is 19.5. The number of pyridine rings is 1. The molecule has 10 heteroatoms. The molecule has 0 bridgehead atoms. The minimum absolute atomic E-state index is 0.195. The summed E-state index contributed by atoms with van der Waals surface area (Å²) in [5, 5.41) is 14.9. The molecule has 0 saturated carbocycles. The average molecular weight is 769 g/mol. The van der Waals surface area contributed by atoms with E-state index in [1.165, 1.54) is 23.0 Å². The molecule has 9 nitrogen and oxygen atoms in total. The van der Waals surface area contributed by atoms with Crippen molar-refractivity contribution in [2.24, 2.45) is 0 Å². The molecule has 6 rings (SSSR count). The lowest BCUT2D eigenvalue weighted by molar-refractivity contribution is 0.0231. The highest BCUT2D eigenvalue weighted by molar-refractivity contribution is 6.15. The van der Waals surface area contributed by atoms with Gasteiger partial charge in [-0.2, -0.15) is 0 Å². The largest absolute Gasteiger partial charge is 0.507 e. The number of nitrogens with one attached hydrogen (secondary N) is 1. The number of benzene rings is 3. The number of carbonyl (C=O) groups excluding carboxylic acids is 2. The van der Waals surface area contributed by atoms with Crippen LogP contribution in [0.25, 0.3) is 16.4 Å². The van der Waals surface area contributed by atoms with E-state index in [2.05, 4.69) is 53.1 Å². The van der Waals surface area contributed by atoms with Crippen molar-refractivity contribution in [2.45, 2.75) is 66.1 Å². The van der Waals surface area contributed by atoms with Crippen molar-refractivity contribution in [3.8, 4) is 11.5 Å². The zero-order valence-corrected chi connectivity index (χ0v) is 34.3. The fraction of sp³-hybridized carbons (Fsp3) is 0.311. The van der Waals surface area contributed by atoms with Gasteiger partial charge in [-0.25, -0.2) is 4.98 Å². The third-order valence-electron chi connectivity index (χ3n) is 8.12. The van der Waals surface area contributed by atoms with E-state index in [1.807, 2.05) is 78.0 Å². The fourth-order valence-corrected chi connectivity index (χ4v) is 5.49. The molecule has 0 saturated heterocycles. The number of aldehydes is 1. The van der Waals surface area contributed by atoms with Crippen LogP contribution in [0, 0.1) is 0 Å². The number of rotatable bonds is 11. The zero-order valence-electron chi connectivity index (χ0n) is 33.5. The topological polar surface area (TPSA) is 105 Å². The monoisotopic (exact) mass is 768 g/mol. The van der Waals surface area contributed by atoms with Gasteiger partial charge in [0.1, 0.15) is 28.4 Å². The number of allylic oxidation sites excluding steroid dienone is 4. The number of phenols is 1. The first kappa shape index (κ1) is 45.8. The van der Waals surface area contributed by atoms with Gasteiger partial charge in [-0.3, -0.25) is 9.59 Å². The number of aromatic hydroxyl groups is 1. The summed E-state index contributed by atoms with van der Waals surface area (Å²) in [5.74, 6) is 0.849. The molecule has 0 atom stereocenters. The second-order valence-electron chi connectivity index (χ2n) is 12.9. The molecule has 1 aliphatic rings. The Labute approximate surface area is 331 Å². The van der Waals surface area contributed by atoms with Crippen molar-refractivity contribution in [1.82, 2.24) is 9.38 Å². The van der Waals surface area contributed by atoms with Gasteiger partial charge < -0.3 is 29.2 Å². The van der Waals surface area contributed by atoms with Crippen molar-refractivity contribution in [1.29, 1.82) is 0 Å². The molecule has 294 valence electrons. The second kappa shape index (κ2) is 23.4. The molecule has 1 amide bonds. The van der Waals surface area contributed by atoms with E-state index in [9.17, 15) is 14.7 Å². The van der Waals surface area contributed by atoms with Crippen LogP contribution in [0.3, 0.4) is 0 Å². The van der Waals surface area contributed by atoms with E-state index < -0.39 is 0 Å². The summed E-state index contributed by atoms with van der Waals surface area (Å²) in [5.41, 5.74) is 4.26. The van der Waals surface area contributed by atoms with E-state index in [0.717, 1.165) is 24.8 Å². The molecule has 0 unspecified atom stereocenters. The van der Waals surface area contributed by atoms with Crippen molar-refractivity contribution in [2.75, 3.05) is 36.8 Å².